The average Bonchev–Trinajstić information content (AvgIpc) is 3.27. The summed E-state index contributed by atoms with van der Waals surface area (Å²) in [7, 11) is 1.59. The summed E-state index contributed by atoms with van der Waals surface area (Å²) in [5, 5.41) is 9.83. The molecule has 0 saturated heterocycles. The molecule has 2 aromatic heterocycles. The highest BCUT2D eigenvalue weighted by atomic mass is 16.5. The van der Waals surface area contributed by atoms with Gasteiger partial charge in [-0.05, 0) is 48.4 Å². The summed E-state index contributed by atoms with van der Waals surface area (Å²) in [4.78, 5) is 16.4. The van der Waals surface area contributed by atoms with Crippen LogP contribution in [0.15, 0.2) is 55.0 Å². The Hall–Kier alpha value is -3.55. The third-order valence-electron chi connectivity index (χ3n) is 3.98. The molecule has 2 heterocycles. The van der Waals surface area contributed by atoms with Crippen molar-refractivity contribution in [2.75, 3.05) is 13.7 Å². The standard InChI is InChI=1S/C20H23N5O3/c1-3-28-17-6-5-15(11-18(17)27-2)13-22-20(26)23-14-16-7-9-21-19(12-16)25-10-4-8-24-25/h4-12H,3,13-14H2,1-2H3,(H2,22,23,26). The van der Waals surface area contributed by atoms with Crippen molar-refractivity contribution in [1.82, 2.24) is 25.4 Å². The highest BCUT2D eigenvalue weighted by Gasteiger charge is 2.07. The monoisotopic (exact) mass is 381 g/mol. The van der Waals surface area contributed by atoms with E-state index in [2.05, 4.69) is 20.7 Å². The number of amides is 2. The van der Waals surface area contributed by atoms with Gasteiger partial charge in [-0.2, -0.15) is 5.10 Å². The van der Waals surface area contributed by atoms with Gasteiger partial charge in [-0.25, -0.2) is 14.5 Å². The Labute approximate surface area is 163 Å². The third-order valence-corrected chi connectivity index (χ3v) is 3.98. The van der Waals surface area contributed by atoms with Crippen LogP contribution < -0.4 is 20.1 Å². The molecule has 0 unspecified atom stereocenters. The van der Waals surface area contributed by atoms with E-state index in [1.807, 2.05) is 49.5 Å². The largest absolute Gasteiger partial charge is 0.493 e. The zero-order valence-corrected chi connectivity index (χ0v) is 15.9. The van der Waals surface area contributed by atoms with Crippen LogP contribution in [0.4, 0.5) is 4.79 Å². The lowest BCUT2D eigenvalue weighted by molar-refractivity contribution is 0.240. The molecule has 0 saturated carbocycles. The van der Waals surface area contributed by atoms with Crippen LogP contribution in [0.3, 0.4) is 0 Å². The molecule has 0 aliphatic rings. The van der Waals surface area contributed by atoms with E-state index < -0.39 is 0 Å². The van der Waals surface area contributed by atoms with E-state index in [0.29, 0.717) is 37.0 Å². The molecule has 3 rings (SSSR count). The summed E-state index contributed by atoms with van der Waals surface area (Å²) in [6.45, 7) is 3.24. The Morgan fingerprint density at radius 3 is 2.54 bits per heavy atom. The number of carbonyl (C=O) groups excluding carboxylic acids is 1. The van der Waals surface area contributed by atoms with Gasteiger partial charge in [0.15, 0.2) is 17.3 Å². The molecule has 0 fully saturated rings. The molecule has 28 heavy (non-hydrogen) atoms. The Balaban J connectivity index is 1.52. The van der Waals surface area contributed by atoms with E-state index in [0.717, 1.165) is 11.1 Å². The van der Waals surface area contributed by atoms with E-state index in [1.54, 1.807) is 24.2 Å². The van der Waals surface area contributed by atoms with Crippen LogP contribution in [-0.4, -0.2) is 34.5 Å². The van der Waals surface area contributed by atoms with Crippen molar-refractivity contribution in [3.8, 4) is 17.3 Å². The quantitative estimate of drug-likeness (QED) is 0.626. The third kappa shape index (κ3) is 5.00. The number of methoxy groups -OCH3 is 1. The summed E-state index contributed by atoms with van der Waals surface area (Å²) >= 11 is 0. The number of aromatic nitrogens is 3. The van der Waals surface area contributed by atoms with Crippen LogP contribution in [0.1, 0.15) is 18.1 Å². The fourth-order valence-electron chi connectivity index (χ4n) is 2.62. The SMILES string of the molecule is CCOc1ccc(CNC(=O)NCc2ccnc(-n3cccn3)c2)cc1OC. The first kappa shape index (κ1) is 19.2. The summed E-state index contributed by atoms with van der Waals surface area (Å²) in [6.07, 6.45) is 5.20. The number of rotatable bonds is 8. The van der Waals surface area contributed by atoms with Crippen molar-refractivity contribution in [3.63, 3.8) is 0 Å². The Morgan fingerprint density at radius 1 is 1.07 bits per heavy atom. The molecule has 0 atom stereocenters. The molecular weight excluding hydrogens is 358 g/mol. The topological polar surface area (TPSA) is 90.3 Å². The number of ether oxygens (including phenoxy) is 2. The van der Waals surface area contributed by atoms with Gasteiger partial charge in [-0.1, -0.05) is 6.07 Å². The van der Waals surface area contributed by atoms with E-state index in [4.69, 9.17) is 9.47 Å². The van der Waals surface area contributed by atoms with Gasteiger partial charge in [0.2, 0.25) is 0 Å². The number of urea groups is 1. The molecule has 2 N–H and O–H groups in total. The van der Waals surface area contributed by atoms with Crippen LogP contribution >= 0.6 is 0 Å². The number of hydrogen-bond acceptors (Lipinski definition) is 5. The first-order valence-electron chi connectivity index (χ1n) is 8.96. The number of pyridine rings is 1. The van der Waals surface area contributed by atoms with Gasteiger partial charge in [0, 0.05) is 31.7 Å². The van der Waals surface area contributed by atoms with Gasteiger partial charge >= 0.3 is 6.03 Å². The minimum atomic E-state index is -0.259. The minimum absolute atomic E-state index is 0.259. The van der Waals surface area contributed by atoms with Gasteiger partial charge in [-0.3, -0.25) is 0 Å². The number of carbonyl (C=O) groups is 1. The van der Waals surface area contributed by atoms with E-state index in [-0.39, 0.29) is 6.03 Å². The molecule has 0 bridgehead atoms. The zero-order valence-electron chi connectivity index (χ0n) is 15.9. The highest BCUT2D eigenvalue weighted by molar-refractivity contribution is 5.73. The minimum Gasteiger partial charge on any atom is -0.493 e. The lowest BCUT2D eigenvalue weighted by atomic mass is 10.2. The Morgan fingerprint density at radius 2 is 1.86 bits per heavy atom. The van der Waals surface area contributed by atoms with Crippen LogP contribution in [0, 0.1) is 0 Å². The maximum Gasteiger partial charge on any atom is 0.315 e. The van der Waals surface area contributed by atoms with Crippen LogP contribution in [0.5, 0.6) is 11.5 Å². The summed E-state index contributed by atoms with van der Waals surface area (Å²) in [6, 6.07) is 10.9. The lowest BCUT2D eigenvalue weighted by Gasteiger charge is -2.12. The van der Waals surface area contributed by atoms with Crippen molar-refractivity contribution in [2.24, 2.45) is 0 Å². The van der Waals surface area contributed by atoms with E-state index in [9.17, 15) is 4.79 Å². The number of nitrogens with zero attached hydrogens (tertiary/aromatic N) is 3. The van der Waals surface area contributed by atoms with Crippen molar-refractivity contribution >= 4 is 6.03 Å². The fourth-order valence-corrected chi connectivity index (χ4v) is 2.62. The van der Waals surface area contributed by atoms with Gasteiger partial charge in [0.25, 0.3) is 0 Å². The van der Waals surface area contributed by atoms with Crippen LogP contribution in [-0.2, 0) is 13.1 Å². The molecule has 8 heteroatoms. The Bertz CT molecular complexity index is 912. The first-order chi connectivity index (χ1) is 13.7. The second-order valence-electron chi connectivity index (χ2n) is 5.93. The maximum atomic E-state index is 12.1. The van der Waals surface area contributed by atoms with Gasteiger partial charge in [0.1, 0.15) is 0 Å². The molecular formula is C20H23N5O3. The molecule has 0 aliphatic carbocycles. The van der Waals surface area contributed by atoms with E-state index >= 15 is 0 Å². The van der Waals surface area contributed by atoms with Crippen molar-refractivity contribution < 1.29 is 14.3 Å². The predicted molar refractivity (Wildman–Crippen MR) is 105 cm³/mol. The molecule has 1 aromatic carbocycles. The first-order valence-corrected chi connectivity index (χ1v) is 8.96. The van der Waals surface area contributed by atoms with Crippen LogP contribution in [0.25, 0.3) is 5.82 Å². The molecule has 146 valence electrons. The smallest absolute Gasteiger partial charge is 0.315 e. The highest BCUT2D eigenvalue weighted by Crippen LogP contribution is 2.27. The molecule has 0 radical (unpaired) electrons. The number of benzene rings is 1. The second-order valence-corrected chi connectivity index (χ2v) is 5.93. The van der Waals surface area contributed by atoms with Crippen molar-refractivity contribution in [2.45, 2.75) is 20.0 Å². The molecule has 0 spiro atoms. The van der Waals surface area contributed by atoms with Gasteiger partial charge in [-0.15, -0.1) is 0 Å². The number of nitrogens with one attached hydrogen (secondary N) is 2. The normalized spacial score (nSPS) is 10.4. The van der Waals surface area contributed by atoms with Crippen LogP contribution in [0.2, 0.25) is 0 Å². The molecule has 2 amide bonds. The average molecular weight is 381 g/mol. The molecule has 3 aromatic rings. The maximum absolute atomic E-state index is 12.1. The molecule has 8 nitrogen and oxygen atoms in total. The fraction of sp³-hybridized carbons (Fsp3) is 0.250. The van der Waals surface area contributed by atoms with Crippen molar-refractivity contribution in [1.29, 1.82) is 0 Å². The summed E-state index contributed by atoms with van der Waals surface area (Å²) in [5.74, 6) is 2.03. The molecule has 0 aliphatic heterocycles. The predicted octanol–water partition coefficient (Wildman–Crippen LogP) is 2.67. The number of hydrogen-bond donors (Lipinski definition) is 2. The second kappa shape index (κ2) is 9.40. The summed E-state index contributed by atoms with van der Waals surface area (Å²) < 4.78 is 12.5. The Kier molecular flexibility index (Phi) is 6.46. The van der Waals surface area contributed by atoms with Gasteiger partial charge in [0.05, 0.1) is 13.7 Å². The zero-order chi connectivity index (χ0) is 19.8. The lowest BCUT2D eigenvalue weighted by Crippen LogP contribution is -2.34. The van der Waals surface area contributed by atoms with Gasteiger partial charge < -0.3 is 20.1 Å². The summed E-state index contributed by atoms with van der Waals surface area (Å²) in [5.41, 5.74) is 1.85. The van der Waals surface area contributed by atoms with E-state index in [1.165, 1.54) is 0 Å². The van der Waals surface area contributed by atoms with Crippen molar-refractivity contribution in [3.05, 3.63) is 66.1 Å².